The number of fused-ring (bicyclic) bond motifs is 1. The summed E-state index contributed by atoms with van der Waals surface area (Å²) in [5, 5.41) is 24.2. The van der Waals surface area contributed by atoms with Gasteiger partial charge in [-0.25, -0.2) is 4.79 Å². The van der Waals surface area contributed by atoms with E-state index in [4.69, 9.17) is 14.7 Å². The number of likely N-dealkylation sites (tertiary alicyclic amines) is 1. The first-order valence-electron chi connectivity index (χ1n) is 47.4. The Morgan fingerprint density at radius 3 is 1.45 bits per heavy atom. The monoisotopic (exact) mass is 1930 g/mol. The maximum Gasteiger partial charge on any atom is 0.373 e. The highest BCUT2D eigenvalue weighted by Crippen LogP contribution is 2.34. The van der Waals surface area contributed by atoms with E-state index >= 15 is 0 Å². The normalized spacial score (nSPS) is 16.0. The summed E-state index contributed by atoms with van der Waals surface area (Å²) in [5.74, 6) is -1.62. The minimum atomic E-state index is -0.952. The van der Waals surface area contributed by atoms with E-state index in [-0.39, 0.29) is 160 Å². The molecule has 6 amide bonds. The highest BCUT2D eigenvalue weighted by Gasteiger charge is 2.39. The number of hydrogen-bond donors (Lipinski definition) is 12. The van der Waals surface area contributed by atoms with E-state index in [1.165, 1.54) is 10.5 Å². The van der Waals surface area contributed by atoms with Crippen LogP contribution < -0.4 is 26.6 Å². The molecule has 0 spiro atoms. The maximum absolute atomic E-state index is 13.2. The fraction of sp³-hybridized carbons (Fsp3) is 0.523. The molecule has 4 unspecified atom stereocenters. The van der Waals surface area contributed by atoms with Gasteiger partial charge in [-0.1, -0.05) is 240 Å². The van der Waals surface area contributed by atoms with Crippen molar-refractivity contribution in [2.24, 2.45) is 76.9 Å². The van der Waals surface area contributed by atoms with Gasteiger partial charge in [-0.3, -0.25) is 52.7 Å². The molecule has 134 heavy (non-hydrogen) atoms. The molecule has 2 heterocycles. The SMILES string of the molecule is CC(C)C[C@@H](CC(=O)C(CS)CCc1ccccc1)C(=O)NCc1ccccc1.CC[C@@H](S)[C@@H](CC(C)C)C(=O)C[C@@H](Cc1c[nH]c2ccccc12)C(=O)NC.CNC(=O)[C@@H](CC(=O)[C@H](CC(C)C)NC(=O)CS)Cc1ccccc1.CNC(=O)[C@@H](CC(=O)[C@H](Cc1ccccc1S)CC(C)C)Cc1ccccc1.C[C@H](CC(=O)C1CCCCC1S)C(=O)N1CCCC1C(=O)O.O=C=O. The van der Waals surface area contributed by atoms with Crippen LogP contribution in [0.25, 0.3) is 10.9 Å². The van der Waals surface area contributed by atoms with E-state index in [9.17, 15) is 57.5 Å². The van der Waals surface area contributed by atoms with Crippen LogP contribution in [0.5, 0.6) is 0 Å². The van der Waals surface area contributed by atoms with E-state index in [1.54, 1.807) is 28.1 Å². The van der Waals surface area contributed by atoms with Crippen LogP contribution in [-0.2, 0) is 106 Å². The Morgan fingerprint density at radius 2 is 0.948 bits per heavy atom. The lowest BCUT2D eigenvalue weighted by molar-refractivity contribution is -0.192. The molecule has 7 aromatic rings. The predicted octanol–water partition coefficient (Wildman–Crippen LogP) is 17.8. The Morgan fingerprint density at radius 1 is 0.493 bits per heavy atom. The number of amides is 6. The number of carboxylic acids is 1. The van der Waals surface area contributed by atoms with Crippen molar-refractivity contribution in [3.8, 4) is 0 Å². The molecule has 9 rings (SSSR count). The second-order valence-electron chi connectivity index (χ2n) is 36.9. The van der Waals surface area contributed by atoms with Crippen molar-refractivity contribution in [3.05, 3.63) is 209 Å². The summed E-state index contributed by atoms with van der Waals surface area (Å²) in [5.41, 5.74) is 7.58. The minimum Gasteiger partial charge on any atom is -0.480 e. The molecule has 13 atom stereocenters. The number of thiol groups is 5. The van der Waals surface area contributed by atoms with Gasteiger partial charge in [0, 0.05) is 152 Å². The number of nitrogens with zero attached hydrogens (tertiary/aromatic N) is 1. The predicted molar refractivity (Wildman–Crippen MR) is 549 cm³/mol. The zero-order valence-electron chi connectivity index (χ0n) is 80.8. The van der Waals surface area contributed by atoms with Gasteiger partial charge in [0.2, 0.25) is 35.4 Å². The fourth-order valence-corrected chi connectivity index (χ4v) is 18.7. The third-order valence-electron chi connectivity index (χ3n) is 24.3. The van der Waals surface area contributed by atoms with Gasteiger partial charge in [0.05, 0.1) is 11.8 Å². The van der Waals surface area contributed by atoms with Crippen molar-refractivity contribution in [1.82, 2.24) is 36.5 Å². The average molecular weight is 1930 g/mol. The lowest BCUT2D eigenvalue weighted by Crippen LogP contribution is -2.44. The van der Waals surface area contributed by atoms with Gasteiger partial charge in [-0.15, -0.1) is 12.6 Å². The number of carboxylic acid groups (broad SMARTS) is 1. The first-order chi connectivity index (χ1) is 64.0. The van der Waals surface area contributed by atoms with Gasteiger partial charge in [0.25, 0.3) is 0 Å². The van der Waals surface area contributed by atoms with Crippen molar-refractivity contribution >= 4 is 151 Å². The number of aliphatic carboxylic acids is 1. The third-order valence-corrected chi connectivity index (χ3v) is 26.8. The van der Waals surface area contributed by atoms with Crippen LogP contribution in [0.15, 0.2) is 181 Å². The molecular formula is C107H149N7O15S5. The number of carbonyl (C=O) groups excluding carboxylic acids is 13. The van der Waals surface area contributed by atoms with E-state index in [2.05, 4.69) is 155 Å². The van der Waals surface area contributed by atoms with E-state index in [1.807, 2.05) is 178 Å². The van der Waals surface area contributed by atoms with Crippen LogP contribution in [0.3, 0.4) is 0 Å². The van der Waals surface area contributed by atoms with Crippen LogP contribution in [0.2, 0.25) is 0 Å². The smallest absolute Gasteiger partial charge is 0.373 e. The first-order valence-corrected chi connectivity index (χ1v) is 50.1. The molecule has 27 heteroatoms. The molecule has 1 aliphatic carbocycles. The average Bonchev–Trinajstić information content (AvgIpc) is 1.67. The molecule has 1 aliphatic heterocycles. The maximum atomic E-state index is 13.2. The number of aromatic amines is 1. The molecule has 2 aliphatic rings. The minimum absolute atomic E-state index is 0.0307. The van der Waals surface area contributed by atoms with Crippen molar-refractivity contribution in [1.29, 1.82) is 0 Å². The van der Waals surface area contributed by atoms with Gasteiger partial charge in [0.15, 0.2) is 5.78 Å². The van der Waals surface area contributed by atoms with Crippen LogP contribution in [0.4, 0.5) is 0 Å². The van der Waals surface area contributed by atoms with Crippen molar-refractivity contribution in [2.45, 2.75) is 245 Å². The van der Waals surface area contributed by atoms with E-state index in [0.717, 1.165) is 101 Å². The number of hydrogen-bond acceptors (Lipinski definition) is 19. The molecule has 0 radical (unpaired) electrons. The molecule has 2 fully saturated rings. The number of para-hydroxylation sites is 1. The molecule has 1 aromatic heterocycles. The Balaban J connectivity index is 0.000000348. The number of ketones is 5. The summed E-state index contributed by atoms with van der Waals surface area (Å²) in [6.07, 6.45) is 16.1. The van der Waals surface area contributed by atoms with Crippen molar-refractivity contribution in [3.63, 3.8) is 0 Å². The van der Waals surface area contributed by atoms with E-state index < -0.39 is 29.9 Å². The Labute approximate surface area is 823 Å². The lowest BCUT2D eigenvalue weighted by atomic mass is 9.82. The molecule has 22 nitrogen and oxygen atoms in total. The fourth-order valence-electron chi connectivity index (χ4n) is 17.2. The summed E-state index contributed by atoms with van der Waals surface area (Å²) in [4.78, 5) is 171. The Hall–Kier alpha value is -9.37. The molecular weight excluding hydrogens is 1780 g/mol. The van der Waals surface area contributed by atoms with Gasteiger partial charge in [0.1, 0.15) is 29.2 Å². The number of benzene rings is 6. The Kier molecular flexibility index (Phi) is 56.4. The first kappa shape index (κ1) is 117. The number of H-pyrrole nitrogens is 1. The zero-order valence-corrected chi connectivity index (χ0v) is 85.3. The third kappa shape index (κ3) is 43.3. The van der Waals surface area contributed by atoms with Gasteiger partial charge < -0.3 is 41.6 Å². The van der Waals surface area contributed by atoms with Crippen LogP contribution in [0, 0.1) is 76.9 Å². The Bertz CT molecular complexity index is 4760. The van der Waals surface area contributed by atoms with Crippen molar-refractivity contribution in [2.75, 3.05) is 39.2 Å². The van der Waals surface area contributed by atoms with Gasteiger partial charge in [-0.2, -0.15) is 60.1 Å². The van der Waals surface area contributed by atoms with Gasteiger partial charge in [-0.05, 0) is 171 Å². The topological polar surface area (TPSA) is 338 Å². The summed E-state index contributed by atoms with van der Waals surface area (Å²) in [6, 6.07) is 54.2. The molecule has 1 saturated heterocycles. The second kappa shape index (κ2) is 64.6. The number of carbonyl (C=O) groups is 12. The second-order valence-corrected chi connectivity index (χ2v) is 39.4. The summed E-state index contributed by atoms with van der Waals surface area (Å²) in [6.45, 7) is 21.4. The van der Waals surface area contributed by atoms with Gasteiger partial charge >= 0.3 is 12.1 Å². The number of aryl methyl sites for hydroxylation is 1. The largest absolute Gasteiger partial charge is 0.480 e. The standard InChI is InChI=1S/C25H33NO2S.C24H31NO2S.C22H32N2O2S.C19H28N2O3S.C16H25NO4S.CO2/c1-19(2)15-23(25(28)26-17-21-11-7-4-8-12-21)16-24(27)22(18-29)14-13-20-9-5-3-6-10-20;1-17(2)13-20(15-19-11-7-8-12-23(19)28)22(26)16-21(24(27)25-3)14-18-9-5-4-6-10-18;1-5-21(27)18(10-14(2)3)20(25)12-15(22(26)23-4)11-16-13-24-19-9-7-6-8-17(16)19;1-13(2)9-16(21-18(23)12-25)17(22)11-15(19(24)20-3)10-14-7-5-4-6-8-14;1-10(9-13(18)11-5-2-3-7-14(11)22)15(19)17-8-4-6-12(17)16(20)21;2-1-3/h3-12,19,22-23,29H,13-18H2,1-2H3,(H,26,28);4-12,17,20-21,28H,13-16H2,1-3H3,(H,25,27);6-9,13-15,18,21,24,27H,5,10-12H2,1-4H3,(H,23,26);4-8,13,15-16,25H,9-12H2,1-3H3,(H,20,24)(H,21,23);10-12,14,22H,2-9H2,1H3,(H,20,21);/t22?,23-;20-,21+;15-,18+,21-;15-,16+;10-,11?,12?,14?;/m00111./s1. The highest BCUT2D eigenvalue weighted by molar-refractivity contribution is 7.81. The summed E-state index contributed by atoms with van der Waals surface area (Å²) in [7, 11) is 4.83. The zero-order chi connectivity index (χ0) is 99.4. The van der Waals surface area contributed by atoms with Crippen LogP contribution >= 0.6 is 63.1 Å². The molecule has 732 valence electrons. The highest BCUT2D eigenvalue weighted by atomic mass is 32.1. The van der Waals surface area contributed by atoms with Crippen LogP contribution in [0.1, 0.15) is 212 Å². The lowest BCUT2D eigenvalue weighted by Gasteiger charge is -2.29. The van der Waals surface area contributed by atoms with Crippen LogP contribution in [-0.4, -0.2) is 153 Å². The quantitative estimate of drug-likeness (QED) is 0.0158. The molecule has 0 bridgehead atoms. The summed E-state index contributed by atoms with van der Waals surface area (Å²) >= 11 is 22.1. The molecule has 1 saturated carbocycles. The van der Waals surface area contributed by atoms with Crippen molar-refractivity contribution < 1.29 is 72.2 Å². The number of aromatic nitrogens is 1. The molecule has 7 N–H and O–H groups in total. The number of Topliss-reactive ketones (excluding diaryl/α,β-unsaturated/α-hetero) is 5. The summed E-state index contributed by atoms with van der Waals surface area (Å²) < 4.78 is 0. The van der Waals surface area contributed by atoms with E-state index in [0.29, 0.717) is 94.4 Å². The number of nitrogens with one attached hydrogen (secondary N) is 6. The number of rotatable bonds is 47. The molecule has 6 aromatic carbocycles.